The molecule has 2 rings (SSSR count). The van der Waals surface area contributed by atoms with Crippen molar-refractivity contribution in [2.24, 2.45) is 5.73 Å². The lowest BCUT2D eigenvalue weighted by Gasteiger charge is -2.13. The van der Waals surface area contributed by atoms with Crippen LogP contribution in [0.3, 0.4) is 0 Å². The van der Waals surface area contributed by atoms with Crippen LogP contribution < -0.4 is 10.5 Å². The lowest BCUT2D eigenvalue weighted by molar-refractivity contribution is 0.407. The van der Waals surface area contributed by atoms with E-state index in [1.54, 1.807) is 7.11 Å². The van der Waals surface area contributed by atoms with Gasteiger partial charge in [0.2, 0.25) is 0 Å². The Morgan fingerprint density at radius 1 is 1.39 bits per heavy atom. The molecule has 0 spiro atoms. The molecule has 0 aliphatic carbocycles. The Morgan fingerprint density at radius 3 is 2.78 bits per heavy atom. The minimum atomic E-state index is 0.346. The fourth-order valence-corrected chi connectivity index (χ4v) is 1.98. The number of hydrogen-bond acceptors (Lipinski definition) is 4. The third kappa shape index (κ3) is 2.24. The predicted octanol–water partition coefficient (Wildman–Crippen LogP) is 2.93. The van der Waals surface area contributed by atoms with Crippen LogP contribution in [0.4, 0.5) is 0 Å². The van der Waals surface area contributed by atoms with Crippen molar-refractivity contribution in [3.63, 3.8) is 0 Å². The second-order valence-electron chi connectivity index (χ2n) is 4.44. The number of benzene rings is 1. The molecule has 4 nitrogen and oxygen atoms in total. The lowest BCUT2D eigenvalue weighted by atomic mass is 9.98. The fraction of sp³-hybridized carbons (Fsp3) is 0.357. The minimum Gasteiger partial charge on any atom is -0.496 e. The van der Waals surface area contributed by atoms with Gasteiger partial charge < -0.3 is 14.9 Å². The van der Waals surface area contributed by atoms with Crippen molar-refractivity contribution in [2.45, 2.75) is 26.3 Å². The largest absolute Gasteiger partial charge is 0.496 e. The van der Waals surface area contributed by atoms with Gasteiger partial charge in [0.05, 0.1) is 13.7 Å². The molecule has 1 aromatic carbocycles. The van der Waals surface area contributed by atoms with Gasteiger partial charge in [0.25, 0.3) is 0 Å². The minimum absolute atomic E-state index is 0.346. The molecule has 1 aromatic heterocycles. The van der Waals surface area contributed by atoms with E-state index in [1.165, 1.54) is 6.39 Å². The smallest absolute Gasteiger partial charge is 0.181 e. The highest BCUT2D eigenvalue weighted by Gasteiger charge is 2.13. The summed E-state index contributed by atoms with van der Waals surface area (Å²) in [6.45, 7) is 4.61. The van der Waals surface area contributed by atoms with Crippen LogP contribution in [0.2, 0.25) is 0 Å². The third-order valence-corrected chi connectivity index (χ3v) is 2.95. The Morgan fingerprint density at radius 2 is 2.17 bits per heavy atom. The molecule has 1 heterocycles. The molecule has 4 heteroatoms. The molecule has 0 saturated carbocycles. The second kappa shape index (κ2) is 5.23. The van der Waals surface area contributed by atoms with E-state index in [-0.39, 0.29) is 0 Å². The number of methoxy groups -OCH3 is 1. The molecule has 0 amide bonds. The molecular formula is C14H18N2O2. The number of nitrogens with two attached hydrogens (primary N) is 1. The van der Waals surface area contributed by atoms with Crippen molar-refractivity contribution >= 4 is 0 Å². The summed E-state index contributed by atoms with van der Waals surface area (Å²) in [6, 6.07) is 6.02. The quantitative estimate of drug-likeness (QED) is 0.901. The highest BCUT2D eigenvalue weighted by Crippen LogP contribution is 2.32. The second-order valence-corrected chi connectivity index (χ2v) is 4.44. The van der Waals surface area contributed by atoms with Gasteiger partial charge in [-0.2, -0.15) is 0 Å². The predicted molar refractivity (Wildman–Crippen MR) is 70.5 cm³/mol. The molecule has 0 atom stereocenters. The van der Waals surface area contributed by atoms with Crippen LogP contribution in [0, 0.1) is 0 Å². The number of hydrogen-bond donors (Lipinski definition) is 1. The van der Waals surface area contributed by atoms with Crippen molar-refractivity contribution in [1.29, 1.82) is 0 Å². The Hall–Kier alpha value is -1.81. The van der Waals surface area contributed by atoms with Gasteiger partial charge in [-0.25, -0.2) is 4.98 Å². The van der Waals surface area contributed by atoms with Gasteiger partial charge in [-0.15, -0.1) is 0 Å². The van der Waals surface area contributed by atoms with Gasteiger partial charge in [0, 0.05) is 5.56 Å². The number of ether oxygens (including phenoxy) is 1. The standard InChI is InChI=1S/C14H18N2O2/c1-9(2)11-6-10(4-5-12(11)17-3)14-13(7-15)18-8-16-14/h4-6,8-9H,7,15H2,1-3H3. The van der Waals surface area contributed by atoms with Gasteiger partial charge in [-0.1, -0.05) is 13.8 Å². The molecular weight excluding hydrogens is 228 g/mol. The summed E-state index contributed by atoms with van der Waals surface area (Å²) in [5.41, 5.74) is 8.60. The summed E-state index contributed by atoms with van der Waals surface area (Å²) in [5.74, 6) is 1.98. The van der Waals surface area contributed by atoms with Crippen molar-refractivity contribution in [2.75, 3.05) is 7.11 Å². The van der Waals surface area contributed by atoms with E-state index in [2.05, 4.69) is 24.9 Å². The number of oxazole rings is 1. The first-order valence-corrected chi connectivity index (χ1v) is 5.98. The maximum atomic E-state index is 5.63. The topological polar surface area (TPSA) is 61.3 Å². The van der Waals surface area contributed by atoms with Crippen LogP contribution in [0.1, 0.15) is 31.1 Å². The van der Waals surface area contributed by atoms with Crippen LogP contribution in [0.15, 0.2) is 29.0 Å². The van der Waals surface area contributed by atoms with Gasteiger partial charge in [-0.05, 0) is 29.7 Å². The molecule has 96 valence electrons. The van der Waals surface area contributed by atoms with Crippen molar-refractivity contribution < 1.29 is 9.15 Å². The molecule has 0 radical (unpaired) electrons. The molecule has 0 unspecified atom stereocenters. The molecule has 0 saturated heterocycles. The Balaban J connectivity index is 2.50. The Kier molecular flexibility index (Phi) is 3.67. The first-order chi connectivity index (χ1) is 8.67. The normalized spacial score (nSPS) is 10.9. The Bertz CT molecular complexity index is 532. The van der Waals surface area contributed by atoms with E-state index in [9.17, 15) is 0 Å². The maximum absolute atomic E-state index is 5.63. The van der Waals surface area contributed by atoms with Crippen molar-refractivity contribution in [3.05, 3.63) is 35.9 Å². The molecule has 0 bridgehead atoms. The zero-order valence-electron chi connectivity index (χ0n) is 10.9. The zero-order valence-corrected chi connectivity index (χ0v) is 10.9. The molecule has 0 fully saturated rings. The summed E-state index contributed by atoms with van der Waals surface area (Å²) in [4.78, 5) is 4.23. The van der Waals surface area contributed by atoms with Crippen LogP contribution in [-0.2, 0) is 6.54 Å². The van der Waals surface area contributed by atoms with Gasteiger partial charge >= 0.3 is 0 Å². The summed E-state index contributed by atoms with van der Waals surface area (Å²) < 4.78 is 10.6. The number of aromatic nitrogens is 1. The monoisotopic (exact) mass is 246 g/mol. The average molecular weight is 246 g/mol. The van der Waals surface area contributed by atoms with Crippen LogP contribution in [-0.4, -0.2) is 12.1 Å². The number of rotatable bonds is 4. The van der Waals surface area contributed by atoms with E-state index in [1.807, 2.05) is 12.1 Å². The van der Waals surface area contributed by atoms with Gasteiger partial charge in [0.15, 0.2) is 6.39 Å². The van der Waals surface area contributed by atoms with Crippen LogP contribution >= 0.6 is 0 Å². The number of nitrogens with zero attached hydrogens (tertiary/aromatic N) is 1. The molecule has 18 heavy (non-hydrogen) atoms. The van der Waals surface area contributed by atoms with Crippen LogP contribution in [0.5, 0.6) is 5.75 Å². The molecule has 2 N–H and O–H groups in total. The first-order valence-electron chi connectivity index (χ1n) is 5.98. The summed E-state index contributed by atoms with van der Waals surface area (Å²) in [5, 5.41) is 0. The summed E-state index contributed by atoms with van der Waals surface area (Å²) in [7, 11) is 1.68. The molecule has 0 aliphatic heterocycles. The lowest BCUT2D eigenvalue weighted by Crippen LogP contribution is -1.98. The maximum Gasteiger partial charge on any atom is 0.181 e. The van der Waals surface area contributed by atoms with Gasteiger partial charge in [-0.3, -0.25) is 0 Å². The van der Waals surface area contributed by atoms with E-state index >= 15 is 0 Å². The average Bonchev–Trinajstić information content (AvgIpc) is 2.86. The van der Waals surface area contributed by atoms with E-state index < -0.39 is 0 Å². The van der Waals surface area contributed by atoms with E-state index in [4.69, 9.17) is 14.9 Å². The van der Waals surface area contributed by atoms with Crippen LogP contribution in [0.25, 0.3) is 11.3 Å². The Labute approximate surface area is 107 Å². The van der Waals surface area contributed by atoms with E-state index in [0.29, 0.717) is 18.2 Å². The summed E-state index contributed by atoms with van der Waals surface area (Å²) >= 11 is 0. The highest BCUT2D eigenvalue weighted by atomic mass is 16.5. The van der Waals surface area contributed by atoms with Crippen molar-refractivity contribution in [3.8, 4) is 17.0 Å². The zero-order chi connectivity index (χ0) is 13.1. The van der Waals surface area contributed by atoms with Crippen molar-refractivity contribution in [1.82, 2.24) is 4.98 Å². The van der Waals surface area contributed by atoms with E-state index in [0.717, 1.165) is 22.6 Å². The summed E-state index contributed by atoms with van der Waals surface area (Å²) in [6.07, 6.45) is 1.43. The first kappa shape index (κ1) is 12.6. The SMILES string of the molecule is COc1ccc(-c2ncoc2CN)cc1C(C)C. The fourth-order valence-electron chi connectivity index (χ4n) is 1.98. The highest BCUT2D eigenvalue weighted by molar-refractivity contribution is 5.64. The third-order valence-electron chi connectivity index (χ3n) is 2.95. The molecule has 2 aromatic rings. The molecule has 0 aliphatic rings. The van der Waals surface area contributed by atoms with Gasteiger partial charge in [0.1, 0.15) is 17.2 Å².